The molecule has 0 aromatic rings. The second-order valence-corrected chi connectivity index (χ2v) is 4.24. The van der Waals surface area contributed by atoms with E-state index in [4.69, 9.17) is 9.84 Å². The van der Waals surface area contributed by atoms with Crippen LogP contribution in [0.5, 0.6) is 0 Å². The first kappa shape index (κ1) is 16.6. The highest BCUT2D eigenvalue weighted by Gasteiger charge is 2.24. The monoisotopic (exact) mass is 257 g/mol. The average Bonchev–Trinajstić information content (AvgIpc) is 2.34. The first-order valence-corrected chi connectivity index (χ1v) is 6.23. The number of carbonyl (C=O) groups is 2. The van der Waals surface area contributed by atoms with Gasteiger partial charge in [-0.3, -0.25) is 4.79 Å². The number of carbonyl (C=O) groups excluding carboxylic acids is 1. The van der Waals surface area contributed by atoms with Crippen molar-refractivity contribution in [1.82, 2.24) is 5.32 Å². The van der Waals surface area contributed by atoms with Crippen molar-refractivity contribution in [2.45, 2.75) is 39.2 Å². The number of aliphatic carboxylic acids is 1. The molecule has 0 aliphatic rings. The minimum Gasteiger partial charge on any atom is -0.480 e. The van der Waals surface area contributed by atoms with E-state index in [-0.39, 0.29) is 18.2 Å². The van der Waals surface area contributed by atoms with Gasteiger partial charge in [0.05, 0.1) is 6.61 Å². The number of hydrogen-bond donors (Lipinski definition) is 2. The molecular formula is C13H23NO4. The van der Waals surface area contributed by atoms with Crippen molar-refractivity contribution in [3.8, 4) is 0 Å². The Hall–Kier alpha value is -1.36. The molecule has 0 saturated carbocycles. The zero-order valence-electron chi connectivity index (χ0n) is 11.1. The predicted molar refractivity (Wildman–Crippen MR) is 69.3 cm³/mol. The third kappa shape index (κ3) is 7.06. The van der Waals surface area contributed by atoms with Crippen molar-refractivity contribution in [1.29, 1.82) is 0 Å². The topological polar surface area (TPSA) is 75.6 Å². The summed E-state index contributed by atoms with van der Waals surface area (Å²) in [7, 11) is 0. The number of carboxylic acid groups (broad SMARTS) is 1. The van der Waals surface area contributed by atoms with E-state index < -0.39 is 12.0 Å². The summed E-state index contributed by atoms with van der Waals surface area (Å²) in [6.45, 7) is 8.16. The van der Waals surface area contributed by atoms with Gasteiger partial charge in [-0.15, -0.1) is 6.58 Å². The summed E-state index contributed by atoms with van der Waals surface area (Å²) >= 11 is 0. The Morgan fingerprint density at radius 3 is 2.67 bits per heavy atom. The fourth-order valence-electron chi connectivity index (χ4n) is 1.43. The molecule has 5 heteroatoms. The molecule has 1 amide bonds. The molecule has 0 aromatic heterocycles. The average molecular weight is 257 g/mol. The summed E-state index contributed by atoms with van der Waals surface area (Å²) < 4.78 is 5.14. The quantitative estimate of drug-likeness (QED) is 0.460. The van der Waals surface area contributed by atoms with Gasteiger partial charge < -0.3 is 15.2 Å². The number of hydrogen-bond acceptors (Lipinski definition) is 3. The third-order valence-electron chi connectivity index (χ3n) is 2.72. The molecular weight excluding hydrogens is 234 g/mol. The van der Waals surface area contributed by atoms with Crippen molar-refractivity contribution in [3.63, 3.8) is 0 Å². The molecule has 2 unspecified atom stereocenters. The minimum absolute atomic E-state index is 0.0801. The summed E-state index contributed by atoms with van der Waals surface area (Å²) in [5, 5.41) is 11.6. The Morgan fingerprint density at radius 2 is 2.17 bits per heavy atom. The summed E-state index contributed by atoms with van der Waals surface area (Å²) in [4.78, 5) is 22.6. The maximum absolute atomic E-state index is 11.6. The van der Waals surface area contributed by atoms with Gasteiger partial charge in [0.25, 0.3) is 0 Å². The molecule has 0 heterocycles. The molecule has 0 aliphatic heterocycles. The number of rotatable bonds is 10. The van der Waals surface area contributed by atoms with E-state index in [1.165, 1.54) is 0 Å². The van der Waals surface area contributed by atoms with E-state index in [0.717, 1.165) is 0 Å². The van der Waals surface area contributed by atoms with Crippen LogP contribution in [0.1, 0.15) is 33.1 Å². The Kier molecular flexibility index (Phi) is 8.92. The highest BCUT2D eigenvalue weighted by molar-refractivity contribution is 5.83. The maximum atomic E-state index is 11.6. The molecule has 0 spiro atoms. The SMILES string of the molecule is C=CCOCCCC(=O)NC(C(=O)O)C(C)CC. The zero-order valence-corrected chi connectivity index (χ0v) is 11.1. The van der Waals surface area contributed by atoms with Crippen LogP contribution in [-0.4, -0.2) is 36.2 Å². The van der Waals surface area contributed by atoms with Gasteiger partial charge in [-0.25, -0.2) is 4.79 Å². The Bertz CT molecular complexity index is 278. The summed E-state index contributed by atoms with van der Waals surface area (Å²) in [6, 6.07) is -0.809. The Balaban J connectivity index is 3.95. The van der Waals surface area contributed by atoms with Gasteiger partial charge in [-0.2, -0.15) is 0 Å². The lowest BCUT2D eigenvalue weighted by Crippen LogP contribution is -2.45. The van der Waals surface area contributed by atoms with Crippen LogP contribution in [0.3, 0.4) is 0 Å². The van der Waals surface area contributed by atoms with Crippen molar-refractivity contribution < 1.29 is 19.4 Å². The van der Waals surface area contributed by atoms with Crippen LogP contribution in [0.25, 0.3) is 0 Å². The fourth-order valence-corrected chi connectivity index (χ4v) is 1.43. The van der Waals surface area contributed by atoms with Gasteiger partial charge >= 0.3 is 5.97 Å². The van der Waals surface area contributed by atoms with Gasteiger partial charge in [0.15, 0.2) is 0 Å². The van der Waals surface area contributed by atoms with Gasteiger partial charge in [0.2, 0.25) is 5.91 Å². The summed E-state index contributed by atoms with van der Waals surface area (Å²) in [5.41, 5.74) is 0. The molecule has 18 heavy (non-hydrogen) atoms. The number of amides is 1. The van der Waals surface area contributed by atoms with E-state index in [9.17, 15) is 9.59 Å². The normalized spacial score (nSPS) is 13.7. The summed E-state index contributed by atoms with van der Waals surface area (Å²) in [6.07, 6.45) is 3.20. The lowest BCUT2D eigenvalue weighted by Gasteiger charge is -2.20. The molecule has 0 radical (unpaired) electrons. The first-order valence-electron chi connectivity index (χ1n) is 6.23. The van der Waals surface area contributed by atoms with Crippen molar-refractivity contribution in [3.05, 3.63) is 12.7 Å². The van der Waals surface area contributed by atoms with E-state index in [0.29, 0.717) is 26.1 Å². The molecule has 0 saturated heterocycles. The van der Waals surface area contributed by atoms with Crippen molar-refractivity contribution >= 4 is 11.9 Å². The third-order valence-corrected chi connectivity index (χ3v) is 2.72. The molecule has 0 rings (SSSR count). The van der Waals surface area contributed by atoms with Gasteiger partial charge in [0, 0.05) is 13.0 Å². The predicted octanol–water partition coefficient (Wildman–Crippen LogP) is 1.58. The van der Waals surface area contributed by atoms with E-state index in [2.05, 4.69) is 11.9 Å². The van der Waals surface area contributed by atoms with Crippen molar-refractivity contribution in [2.75, 3.05) is 13.2 Å². The molecule has 0 aliphatic carbocycles. The molecule has 0 aromatic carbocycles. The second-order valence-electron chi connectivity index (χ2n) is 4.24. The van der Waals surface area contributed by atoms with Gasteiger partial charge in [0.1, 0.15) is 6.04 Å². The Labute approximate surface area is 108 Å². The van der Waals surface area contributed by atoms with Crippen LogP contribution in [0.2, 0.25) is 0 Å². The first-order chi connectivity index (χ1) is 8.52. The lowest BCUT2D eigenvalue weighted by atomic mass is 9.99. The van der Waals surface area contributed by atoms with Gasteiger partial charge in [-0.1, -0.05) is 26.3 Å². The van der Waals surface area contributed by atoms with Crippen LogP contribution in [-0.2, 0) is 14.3 Å². The molecule has 2 N–H and O–H groups in total. The number of carboxylic acids is 1. The molecule has 5 nitrogen and oxygen atoms in total. The largest absolute Gasteiger partial charge is 0.480 e. The fraction of sp³-hybridized carbons (Fsp3) is 0.692. The van der Waals surface area contributed by atoms with Crippen molar-refractivity contribution in [2.24, 2.45) is 5.92 Å². The van der Waals surface area contributed by atoms with Crippen LogP contribution in [0.15, 0.2) is 12.7 Å². The van der Waals surface area contributed by atoms with Gasteiger partial charge in [-0.05, 0) is 12.3 Å². The lowest BCUT2D eigenvalue weighted by molar-refractivity contribution is -0.143. The van der Waals surface area contributed by atoms with Crippen LogP contribution >= 0.6 is 0 Å². The Morgan fingerprint density at radius 1 is 1.50 bits per heavy atom. The molecule has 0 fully saturated rings. The number of nitrogens with one attached hydrogen (secondary N) is 1. The van der Waals surface area contributed by atoms with Crippen LogP contribution in [0.4, 0.5) is 0 Å². The maximum Gasteiger partial charge on any atom is 0.326 e. The minimum atomic E-state index is -0.986. The zero-order chi connectivity index (χ0) is 14.0. The van der Waals surface area contributed by atoms with E-state index in [1.54, 1.807) is 6.08 Å². The van der Waals surface area contributed by atoms with E-state index in [1.807, 2.05) is 13.8 Å². The van der Waals surface area contributed by atoms with E-state index >= 15 is 0 Å². The summed E-state index contributed by atoms with van der Waals surface area (Å²) in [5.74, 6) is -1.31. The second kappa shape index (κ2) is 9.65. The smallest absolute Gasteiger partial charge is 0.326 e. The highest BCUT2D eigenvalue weighted by Crippen LogP contribution is 2.08. The van der Waals surface area contributed by atoms with Crippen LogP contribution in [0, 0.1) is 5.92 Å². The van der Waals surface area contributed by atoms with Crippen LogP contribution < -0.4 is 5.32 Å². The highest BCUT2D eigenvalue weighted by atomic mass is 16.5. The molecule has 0 bridgehead atoms. The number of ether oxygens (including phenoxy) is 1. The molecule has 104 valence electrons. The molecule has 2 atom stereocenters. The standard InChI is InChI=1S/C13H23NO4/c1-4-8-18-9-6-7-11(15)14-12(13(16)17)10(3)5-2/h4,10,12H,1,5-9H2,2-3H3,(H,14,15)(H,16,17).